The van der Waals surface area contributed by atoms with Gasteiger partial charge in [0.15, 0.2) is 11.4 Å². The summed E-state index contributed by atoms with van der Waals surface area (Å²) >= 11 is 6.44. The lowest BCUT2D eigenvalue weighted by Gasteiger charge is -2.39. The summed E-state index contributed by atoms with van der Waals surface area (Å²) in [6, 6.07) is 0.139. The number of hydrogen-bond acceptors (Lipinski definition) is 6. The first kappa shape index (κ1) is 14.7. The van der Waals surface area contributed by atoms with Gasteiger partial charge in [0.25, 0.3) is 0 Å². The molecule has 23 heavy (non-hydrogen) atoms. The van der Waals surface area contributed by atoms with Crippen LogP contribution in [0.15, 0.2) is 4.79 Å². The molecule has 0 radical (unpaired) electrons. The molecule has 0 N–H and O–H groups in total. The molecule has 0 amide bonds. The molecule has 1 unspecified atom stereocenters. The Kier molecular flexibility index (Phi) is 3.24. The molecular formula is C15H18ClN5O2. The summed E-state index contributed by atoms with van der Waals surface area (Å²) in [6.45, 7) is 4.90. The number of halogens is 1. The van der Waals surface area contributed by atoms with E-state index in [4.69, 9.17) is 16.3 Å². The van der Waals surface area contributed by atoms with Gasteiger partial charge in [-0.2, -0.15) is 4.98 Å². The zero-order chi connectivity index (χ0) is 16.3. The number of fused-ring (bicyclic) bond motifs is 2. The Bertz CT molecular complexity index is 865. The molecule has 1 atom stereocenters. The van der Waals surface area contributed by atoms with Crippen LogP contribution in [0.4, 0.5) is 5.82 Å². The van der Waals surface area contributed by atoms with Gasteiger partial charge in [-0.3, -0.25) is 4.57 Å². The minimum Gasteiger partial charge on any atom is -0.489 e. The van der Waals surface area contributed by atoms with E-state index in [9.17, 15) is 4.79 Å². The average Bonchev–Trinajstić information content (AvgIpc) is 2.67. The normalized spacial score (nSPS) is 21.0. The molecule has 0 bridgehead atoms. The number of aryl methyl sites for hydroxylation is 2. The summed E-state index contributed by atoms with van der Waals surface area (Å²) in [5.74, 6) is 1.23. The first-order chi connectivity index (χ1) is 11.0. The quantitative estimate of drug-likeness (QED) is 0.710. The third-order valence-electron chi connectivity index (χ3n) is 4.65. The highest BCUT2D eigenvalue weighted by atomic mass is 35.5. The molecule has 4 heterocycles. The van der Waals surface area contributed by atoms with E-state index in [2.05, 4.69) is 26.8 Å². The number of aromatic nitrogens is 3. The Balaban J connectivity index is 2.06. The van der Waals surface area contributed by atoms with Crippen LogP contribution in [0.3, 0.4) is 0 Å². The number of likely N-dealkylation sites (N-methyl/N-ethyl adjacent to an activating group) is 1. The summed E-state index contributed by atoms with van der Waals surface area (Å²) < 4.78 is 7.50. The van der Waals surface area contributed by atoms with E-state index in [0.29, 0.717) is 34.5 Å². The summed E-state index contributed by atoms with van der Waals surface area (Å²) in [5.41, 5.74) is 0.905. The number of piperazine rings is 1. The van der Waals surface area contributed by atoms with Gasteiger partial charge in [-0.25, -0.2) is 9.78 Å². The lowest BCUT2D eigenvalue weighted by molar-refractivity contribution is 0.208. The predicted octanol–water partition coefficient (Wildman–Crippen LogP) is 0.803. The van der Waals surface area contributed by atoms with Crippen molar-refractivity contribution in [2.45, 2.75) is 13.0 Å². The van der Waals surface area contributed by atoms with Gasteiger partial charge in [-0.1, -0.05) is 11.6 Å². The third-order valence-corrected chi connectivity index (χ3v) is 5.09. The third kappa shape index (κ3) is 2.10. The largest absolute Gasteiger partial charge is 0.489 e. The van der Waals surface area contributed by atoms with Crippen LogP contribution < -0.4 is 15.3 Å². The molecule has 2 aliphatic rings. The smallest absolute Gasteiger partial charge is 0.350 e. The van der Waals surface area contributed by atoms with Crippen molar-refractivity contribution in [2.24, 2.45) is 7.05 Å². The standard InChI is InChI=1S/C15H18ClN5O2/c1-8-11(16)12-10-13(17-8)20(3)15(22)18-14(10)21-5-4-19(2)6-9(21)7-23-12/h9H,4-7H2,1-3H3. The van der Waals surface area contributed by atoms with E-state index in [1.54, 1.807) is 7.05 Å². The van der Waals surface area contributed by atoms with E-state index in [1.165, 1.54) is 4.57 Å². The van der Waals surface area contributed by atoms with Crippen LogP contribution in [-0.4, -0.2) is 58.8 Å². The van der Waals surface area contributed by atoms with Crippen LogP contribution in [0.25, 0.3) is 11.0 Å². The second-order valence-corrected chi connectivity index (χ2v) is 6.61. The van der Waals surface area contributed by atoms with Gasteiger partial charge in [0.2, 0.25) is 0 Å². The molecule has 1 fully saturated rings. The second-order valence-electron chi connectivity index (χ2n) is 6.24. The minimum atomic E-state index is -0.313. The van der Waals surface area contributed by atoms with E-state index in [1.807, 2.05) is 6.92 Å². The van der Waals surface area contributed by atoms with Gasteiger partial charge in [-0.15, -0.1) is 0 Å². The summed E-state index contributed by atoms with van der Waals surface area (Å²) in [7, 11) is 3.76. The average molecular weight is 336 g/mol. The van der Waals surface area contributed by atoms with Crippen LogP contribution in [0.1, 0.15) is 5.69 Å². The first-order valence-corrected chi connectivity index (χ1v) is 8.00. The summed E-state index contributed by atoms with van der Waals surface area (Å²) in [5, 5.41) is 1.22. The molecule has 2 aromatic heterocycles. The number of pyridine rings is 1. The summed E-state index contributed by atoms with van der Waals surface area (Å²) in [6.07, 6.45) is 0. The Labute approximate surface area is 138 Å². The predicted molar refractivity (Wildman–Crippen MR) is 88.7 cm³/mol. The maximum absolute atomic E-state index is 12.3. The molecule has 0 aliphatic carbocycles. The van der Waals surface area contributed by atoms with Crippen LogP contribution in [0.5, 0.6) is 5.75 Å². The van der Waals surface area contributed by atoms with Crippen LogP contribution in [0, 0.1) is 6.92 Å². The van der Waals surface area contributed by atoms with Gasteiger partial charge < -0.3 is 14.5 Å². The molecule has 0 saturated carbocycles. The van der Waals surface area contributed by atoms with Crippen molar-refractivity contribution in [1.29, 1.82) is 0 Å². The molecule has 0 spiro atoms. The lowest BCUT2D eigenvalue weighted by Crippen LogP contribution is -2.54. The lowest BCUT2D eigenvalue weighted by atomic mass is 10.1. The number of hydrogen-bond donors (Lipinski definition) is 0. The first-order valence-electron chi connectivity index (χ1n) is 7.62. The monoisotopic (exact) mass is 335 g/mol. The maximum atomic E-state index is 12.3. The Morgan fingerprint density at radius 1 is 1.26 bits per heavy atom. The van der Waals surface area contributed by atoms with Crippen LogP contribution in [0.2, 0.25) is 5.02 Å². The van der Waals surface area contributed by atoms with Crippen molar-refractivity contribution in [1.82, 2.24) is 19.4 Å². The van der Waals surface area contributed by atoms with E-state index < -0.39 is 0 Å². The molecule has 4 rings (SSSR count). The van der Waals surface area contributed by atoms with Crippen molar-refractivity contribution < 1.29 is 4.74 Å². The van der Waals surface area contributed by atoms with Gasteiger partial charge in [-0.05, 0) is 14.0 Å². The molecular weight excluding hydrogens is 318 g/mol. The fraction of sp³-hybridized carbons (Fsp3) is 0.533. The van der Waals surface area contributed by atoms with Crippen molar-refractivity contribution in [3.05, 3.63) is 21.2 Å². The van der Waals surface area contributed by atoms with Crippen molar-refractivity contribution in [2.75, 3.05) is 38.2 Å². The Morgan fingerprint density at radius 3 is 2.83 bits per heavy atom. The Morgan fingerprint density at radius 2 is 2.04 bits per heavy atom. The summed E-state index contributed by atoms with van der Waals surface area (Å²) in [4.78, 5) is 25.5. The number of nitrogens with zero attached hydrogens (tertiary/aromatic N) is 5. The maximum Gasteiger partial charge on any atom is 0.350 e. The van der Waals surface area contributed by atoms with Crippen molar-refractivity contribution >= 4 is 28.5 Å². The number of anilines is 1. The number of rotatable bonds is 0. The fourth-order valence-electron chi connectivity index (χ4n) is 3.35. The molecule has 1 saturated heterocycles. The van der Waals surface area contributed by atoms with E-state index in [0.717, 1.165) is 25.0 Å². The van der Waals surface area contributed by atoms with Gasteiger partial charge in [0.05, 0.1) is 11.7 Å². The topological polar surface area (TPSA) is 63.5 Å². The fourth-order valence-corrected chi connectivity index (χ4v) is 3.54. The second kappa shape index (κ2) is 5.07. The SMILES string of the molecule is Cc1nc2c3c(nc(=O)n2C)N2CCN(C)CC2COc3c1Cl. The molecule has 2 aromatic rings. The molecule has 7 nitrogen and oxygen atoms in total. The van der Waals surface area contributed by atoms with Gasteiger partial charge >= 0.3 is 5.69 Å². The van der Waals surface area contributed by atoms with Crippen molar-refractivity contribution in [3.8, 4) is 5.75 Å². The zero-order valence-corrected chi connectivity index (χ0v) is 14.1. The van der Waals surface area contributed by atoms with Gasteiger partial charge in [0, 0.05) is 26.7 Å². The number of ether oxygens (including phenoxy) is 1. The van der Waals surface area contributed by atoms with Crippen LogP contribution >= 0.6 is 11.6 Å². The minimum absolute atomic E-state index is 0.139. The molecule has 122 valence electrons. The highest BCUT2D eigenvalue weighted by Crippen LogP contribution is 2.41. The zero-order valence-electron chi connectivity index (χ0n) is 13.3. The Hall–Kier alpha value is -1.86. The van der Waals surface area contributed by atoms with E-state index >= 15 is 0 Å². The highest BCUT2D eigenvalue weighted by Gasteiger charge is 2.34. The van der Waals surface area contributed by atoms with Crippen molar-refractivity contribution in [3.63, 3.8) is 0 Å². The molecule has 8 heteroatoms. The molecule has 2 aliphatic heterocycles. The highest BCUT2D eigenvalue weighted by molar-refractivity contribution is 6.34. The van der Waals surface area contributed by atoms with Crippen LogP contribution in [-0.2, 0) is 7.05 Å². The molecule has 0 aromatic carbocycles. The van der Waals surface area contributed by atoms with E-state index in [-0.39, 0.29) is 11.7 Å². The van der Waals surface area contributed by atoms with Gasteiger partial charge in [0.1, 0.15) is 22.8 Å².